The fourth-order valence-corrected chi connectivity index (χ4v) is 6.67. The summed E-state index contributed by atoms with van der Waals surface area (Å²) in [6, 6.07) is 5.76. The summed E-state index contributed by atoms with van der Waals surface area (Å²) in [5, 5.41) is 28.6. The van der Waals surface area contributed by atoms with E-state index in [0.29, 0.717) is 43.9 Å². The first-order valence-corrected chi connectivity index (χ1v) is 16.4. The van der Waals surface area contributed by atoms with Crippen LogP contribution in [-0.2, 0) is 27.2 Å². The quantitative estimate of drug-likeness (QED) is 0.107. The molecule has 5 N–H and O–H groups in total. The maximum absolute atomic E-state index is 13.2. The highest BCUT2D eigenvalue weighted by atomic mass is 32.1. The number of alkyl carbamates (subject to hydrolysis) is 1. The van der Waals surface area contributed by atoms with Gasteiger partial charge in [-0.2, -0.15) is 12.6 Å². The van der Waals surface area contributed by atoms with E-state index < -0.39 is 30.3 Å². The van der Waals surface area contributed by atoms with E-state index in [-0.39, 0.29) is 29.8 Å². The summed E-state index contributed by atoms with van der Waals surface area (Å²) in [6.45, 7) is 6.83. The molecular weight excluding hydrogens is 570 g/mol. The number of carbonyl (C=O) groups excluding carboxylic acids is 2. The topological polar surface area (TPSA) is 146 Å². The molecule has 10 nitrogen and oxygen atoms in total. The van der Waals surface area contributed by atoms with E-state index >= 15 is 0 Å². The number of amides is 2. The third-order valence-corrected chi connectivity index (χ3v) is 8.99. The first-order valence-electron chi connectivity index (χ1n) is 15.8. The van der Waals surface area contributed by atoms with Crippen molar-refractivity contribution >= 4 is 30.6 Å². The van der Waals surface area contributed by atoms with Crippen LogP contribution in [0.25, 0.3) is 0 Å². The molecule has 2 amide bonds. The molecule has 0 aromatic heterocycles. The number of aliphatic carboxylic acids is 1. The van der Waals surface area contributed by atoms with Gasteiger partial charge in [-0.3, -0.25) is 4.79 Å². The zero-order valence-electron chi connectivity index (χ0n) is 25.9. The SMILES string of the molecule is CCCCC[C@H](O)CC[C@@H]1[C@H]2Cc3cccc(OCC(=O)O)c3C[C@H]2C[C@H]1OC(=O)NC(C)(C)C(=O)NCCNCCS. The number of thiol groups is 1. The second kappa shape index (κ2) is 17.1. The van der Waals surface area contributed by atoms with E-state index in [1.54, 1.807) is 13.8 Å². The van der Waals surface area contributed by atoms with Crippen LogP contribution in [0.4, 0.5) is 4.79 Å². The highest BCUT2D eigenvalue weighted by Crippen LogP contribution is 2.49. The Morgan fingerprint density at radius 1 is 1.12 bits per heavy atom. The van der Waals surface area contributed by atoms with Crippen LogP contribution >= 0.6 is 12.6 Å². The van der Waals surface area contributed by atoms with Crippen LogP contribution in [-0.4, -0.2) is 77.9 Å². The molecule has 0 bridgehead atoms. The summed E-state index contributed by atoms with van der Waals surface area (Å²) in [4.78, 5) is 37.1. The van der Waals surface area contributed by atoms with Gasteiger partial charge in [0.2, 0.25) is 5.91 Å². The molecule has 0 unspecified atom stereocenters. The minimum atomic E-state index is -1.16. The van der Waals surface area contributed by atoms with E-state index in [2.05, 4.69) is 41.6 Å². The predicted octanol–water partition coefficient (Wildman–Crippen LogP) is 3.73. The van der Waals surface area contributed by atoms with Gasteiger partial charge in [-0.15, -0.1) is 0 Å². The molecule has 0 radical (unpaired) electrons. The molecule has 1 aromatic carbocycles. The van der Waals surface area contributed by atoms with E-state index in [9.17, 15) is 19.5 Å². The summed E-state index contributed by atoms with van der Waals surface area (Å²) < 4.78 is 11.7. The molecule has 0 heterocycles. The molecule has 0 aliphatic heterocycles. The molecule has 1 fully saturated rings. The lowest BCUT2D eigenvalue weighted by Crippen LogP contribution is -2.56. The molecule has 43 heavy (non-hydrogen) atoms. The molecular formula is C32H51N3O7S. The number of nitrogens with one attached hydrogen (secondary N) is 3. The monoisotopic (exact) mass is 621 g/mol. The number of aliphatic hydroxyl groups excluding tert-OH is 1. The Bertz CT molecular complexity index is 1070. The summed E-state index contributed by atoms with van der Waals surface area (Å²) in [6.07, 6.45) is 6.09. The summed E-state index contributed by atoms with van der Waals surface area (Å²) in [7, 11) is 0. The predicted molar refractivity (Wildman–Crippen MR) is 169 cm³/mol. The van der Waals surface area contributed by atoms with Gasteiger partial charge in [0, 0.05) is 25.4 Å². The highest BCUT2D eigenvalue weighted by Gasteiger charge is 2.47. The van der Waals surface area contributed by atoms with Crippen LogP contribution in [0.5, 0.6) is 5.75 Å². The third-order valence-electron chi connectivity index (χ3n) is 8.76. The maximum atomic E-state index is 13.2. The lowest BCUT2D eigenvalue weighted by atomic mass is 9.73. The molecule has 0 saturated heterocycles. The summed E-state index contributed by atoms with van der Waals surface area (Å²) >= 11 is 4.15. The van der Waals surface area contributed by atoms with E-state index in [1.165, 1.54) is 0 Å². The van der Waals surface area contributed by atoms with Gasteiger partial charge in [0.15, 0.2) is 6.61 Å². The molecule has 5 atom stereocenters. The molecule has 2 aliphatic rings. The van der Waals surface area contributed by atoms with Gasteiger partial charge >= 0.3 is 12.1 Å². The van der Waals surface area contributed by atoms with Gasteiger partial charge in [0.1, 0.15) is 17.4 Å². The van der Waals surface area contributed by atoms with Crippen molar-refractivity contribution in [1.82, 2.24) is 16.0 Å². The fourth-order valence-electron chi connectivity index (χ4n) is 6.51. The van der Waals surface area contributed by atoms with Gasteiger partial charge in [-0.05, 0) is 87.3 Å². The van der Waals surface area contributed by atoms with Crippen molar-refractivity contribution in [1.29, 1.82) is 0 Å². The van der Waals surface area contributed by atoms with Gasteiger partial charge in [-0.25, -0.2) is 9.59 Å². The Morgan fingerprint density at radius 2 is 1.91 bits per heavy atom. The first kappa shape index (κ1) is 35.0. The second-order valence-electron chi connectivity index (χ2n) is 12.5. The molecule has 0 spiro atoms. The van der Waals surface area contributed by atoms with Gasteiger partial charge in [0.25, 0.3) is 0 Å². The second-order valence-corrected chi connectivity index (χ2v) is 12.9. The van der Waals surface area contributed by atoms with Crippen molar-refractivity contribution in [2.45, 2.75) is 96.3 Å². The van der Waals surface area contributed by atoms with Crippen LogP contribution in [0.2, 0.25) is 0 Å². The lowest BCUT2D eigenvalue weighted by molar-refractivity contribution is -0.139. The number of carboxylic acid groups (broad SMARTS) is 1. The normalized spacial score (nSPS) is 21.8. The van der Waals surface area contributed by atoms with Crippen LogP contribution < -0.4 is 20.7 Å². The van der Waals surface area contributed by atoms with Crippen LogP contribution in [0.3, 0.4) is 0 Å². The van der Waals surface area contributed by atoms with Crippen molar-refractivity contribution in [3.63, 3.8) is 0 Å². The average Bonchev–Trinajstić information content (AvgIpc) is 3.28. The number of aliphatic hydroxyl groups is 1. The summed E-state index contributed by atoms with van der Waals surface area (Å²) in [5.41, 5.74) is 0.989. The molecule has 3 rings (SSSR count). The van der Waals surface area contributed by atoms with Crippen molar-refractivity contribution < 1.29 is 34.1 Å². The zero-order chi connectivity index (χ0) is 31.4. The van der Waals surface area contributed by atoms with Crippen molar-refractivity contribution in [3.05, 3.63) is 29.3 Å². The Kier molecular flexibility index (Phi) is 13.9. The van der Waals surface area contributed by atoms with E-state index in [0.717, 1.165) is 56.2 Å². The largest absolute Gasteiger partial charge is 0.482 e. The highest BCUT2D eigenvalue weighted by molar-refractivity contribution is 7.80. The number of fused-ring (bicyclic) bond motifs is 2. The Labute approximate surface area is 261 Å². The third kappa shape index (κ3) is 10.6. The molecule has 1 aromatic rings. The Hall–Kier alpha value is -2.50. The maximum Gasteiger partial charge on any atom is 0.408 e. The molecule has 2 aliphatic carbocycles. The van der Waals surface area contributed by atoms with Crippen molar-refractivity contribution in [3.8, 4) is 5.75 Å². The van der Waals surface area contributed by atoms with Gasteiger partial charge < -0.3 is 35.6 Å². The number of ether oxygens (including phenoxy) is 2. The zero-order valence-corrected chi connectivity index (χ0v) is 26.8. The number of hydrogen-bond acceptors (Lipinski definition) is 8. The fraction of sp³-hybridized carbons (Fsp3) is 0.719. The van der Waals surface area contributed by atoms with Crippen molar-refractivity contribution in [2.75, 3.05) is 32.0 Å². The van der Waals surface area contributed by atoms with Crippen LogP contribution in [0.15, 0.2) is 18.2 Å². The summed E-state index contributed by atoms with van der Waals surface area (Å²) in [5.74, 6) is 0.520. The number of hydrogen-bond donors (Lipinski definition) is 6. The standard InChI is InChI=1S/C32H51N3O7S/c1-4-5-6-9-23(36)11-12-24-25-17-21-8-7-10-27(41-20-29(37)38)26(21)18-22(25)19-28(24)42-31(40)35-32(2,3)30(39)34-14-13-33-15-16-43/h7-8,10,22-25,28,33,36,43H,4-6,9,11-20H2,1-3H3,(H,34,39)(H,35,40)(H,37,38)/t22-,23-,24+,25-,28+/m0/s1. The smallest absolute Gasteiger partial charge is 0.408 e. The lowest BCUT2D eigenvalue weighted by Gasteiger charge is -2.33. The molecule has 1 saturated carbocycles. The van der Waals surface area contributed by atoms with Gasteiger partial charge in [-0.1, -0.05) is 38.3 Å². The number of benzene rings is 1. The van der Waals surface area contributed by atoms with E-state index in [1.807, 2.05) is 12.1 Å². The first-order chi connectivity index (χ1) is 20.6. The average molecular weight is 622 g/mol. The van der Waals surface area contributed by atoms with Crippen LogP contribution in [0.1, 0.15) is 76.8 Å². The number of carbonyl (C=O) groups is 3. The number of unbranched alkanes of at least 4 members (excludes halogenated alkanes) is 2. The van der Waals surface area contributed by atoms with Crippen molar-refractivity contribution in [2.24, 2.45) is 17.8 Å². The number of carboxylic acids is 1. The van der Waals surface area contributed by atoms with Crippen LogP contribution in [0, 0.1) is 17.8 Å². The molecule has 242 valence electrons. The van der Waals surface area contributed by atoms with Gasteiger partial charge in [0.05, 0.1) is 6.10 Å². The van der Waals surface area contributed by atoms with E-state index in [4.69, 9.17) is 14.6 Å². The minimum absolute atomic E-state index is 0.0585. The number of rotatable bonds is 18. The molecule has 11 heteroatoms. The minimum Gasteiger partial charge on any atom is -0.482 e. The Morgan fingerprint density at radius 3 is 2.63 bits per heavy atom. The Balaban J connectivity index is 1.68.